The van der Waals surface area contributed by atoms with Gasteiger partial charge in [-0.15, -0.1) is 0 Å². The van der Waals surface area contributed by atoms with Gasteiger partial charge in [0.15, 0.2) is 5.78 Å². The van der Waals surface area contributed by atoms with Gasteiger partial charge in [-0.05, 0) is 45.6 Å². The molecule has 5 nitrogen and oxygen atoms in total. The first-order chi connectivity index (χ1) is 11.0. The van der Waals surface area contributed by atoms with Gasteiger partial charge in [0.2, 0.25) is 0 Å². The molecule has 0 radical (unpaired) electrons. The van der Waals surface area contributed by atoms with Gasteiger partial charge in [-0.1, -0.05) is 6.42 Å². The van der Waals surface area contributed by atoms with Crippen LogP contribution >= 0.6 is 0 Å². The van der Waals surface area contributed by atoms with Crippen LogP contribution in [0.2, 0.25) is 0 Å². The van der Waals surface area contributed by atoms with Crippen LogP contribution in [-0.2, 0) is 4.74 Å². The maximum atomic E-state index is 12.8. The number of nitrogens with one attached hydrogen (secondary N) is 2. The Labute approximate surface area is 136 Å². The third-order valence-corrected chi connectivity index (χ3v) is 6.34. The second-order valence-corrected chi connectivity index (χ2v) is 7.46. The van der Waals surface area contributed by atoms with E-state index < -0.39 is 0 Å². The van der Waals surface area contributed by atoms with Crippen molar-refractivity contribution >= 4 is 11.7 Å². The SMILES string of the molecule is CC(=O)c1c(C)[nH]c(C(=O)N[C@@H]2[C@H]3CCO[C@@H]3C23CCC3)c1C. The Hall–Kier alpha value is -1.62. The molecule has 3 atom stereocenters. The lowest BCUT2D eigenvalue weighted by Crippen LogP contribution is -2.71. The van der Waals surface area contributed by atoms with Gasteiger partial charge in [0.1, 0.15) is 5.69 Å². The molecule has 5 heteroatoms. The monoisotopic (exact) mass is 316 g/mol. The standard InChI is InChI=1S/C18H24N2O3/c1-9-13(11(3)21)10(2)19-14(9)17(22)20-15-12-5-8-23-16(12)18(15)6-4-7-18/h12,15-16,19H,4-8H2,1-3H3,(H,20,22)/t12-,15-,16+/m1/s1. The van der Waals surface area contributed by atoms with Crippen LogP contribution in [0.1, 0.15) is 64.7 Å². The highest BCUT2D eigenvalue weighted by molar-refractivity contribution is 6.02. The molecule has 1 aliphatic heterocycles. The van der Waals surface area contributed by atoms with Gasteiger partial charge in [-0.3, -0.25) is 9.59 Å². The summed E-state index contributed by atoms with van der Waals surface area (Å²) in [6, 6.07) is 0.222. The average molecular weight is 316 g/mol. The van der Waals surface area contributed by atoms with Crippen LogP contribution < -0.4 is 5.32 Å². The van der Waals surface area contributed by atoms with Crippen molar-refractivity contribution in [3.8, 4) is 0 Å². The van der Waals surface area contributed by atoms with Crippen LogP contribution in [0.15, 0.2) is 0 Å². The summed E-state index contributed by atoms with van der Waals surface area (Å²) in [4.78, 5) is 27.6. The number of hydrogen-bond acceptors (Lipinski definition) is 3. The summed E-state index contributed by atoms with van der Waals surface area (Å²) in [5, 5.41) is 3.26. The lowest BCUT2D eigenvalue weighted by Gasteiger charge is -2.63. The van der Waals surface area contributed by atoms with Gasteiger partial charge in [0.25, 0.3) is 5.91 Å². The molecule has 124 valence electrons. The number of carbonyl (C=O) groups excluding carboxylic acids is 2. The Bertz CT molecular complexity index is 687. The summed E-state index contributed by atoms with van der Waals surface area (Å²) in [6.45, 7) is 6.05. The number of rotatable bonds is 3. The largest absolute Gasteiger partial charge is 0.377 e. The fraction of sp³-hybridized carbons (Fsp3) is 0.667. The maximum Gasteiger partial charge on any atom is 0.268 e. The predicted octanol–water partition coefficient (Wildman–Crippen LogP) is 2.52. The molecule has 3 fully saturated rings. The molecule has 1 aromatic rings. The first-order valence-corrected chi connectivity index (χ1v) is 8.58. The number of Topliss-reactive ketones (excluding diaryl/α,β-unsaturated/α-hetero) is 1. The van der Waals surface area contributed by atoms with Crippen molar-refractivity contribution in [1.29, 1.82) is 0 Å². The van der Waals surface area contributed by atoms with Crippen LogP contribution in [-0.4, -0.2) is 35.4 Å². The number of aromatic nitrogens is 1. The smallest absolute Gasteiger partial charge is 0.268 e. The second-order valence-electron chi connectivity index (χ2n) is 7.46. The molecule has 0 bridgehead atoms. The van der Waals surface area contributed by atoms with Gasteiger partial charge in [0.05, 0.1) is 6.10 Å². The van der Waals surface area contributed by atoms with Crippen LogP contribution in [0, 0.1) is 25.2 Å². The van der Waals surface area contributed by atoms with E-state index in [0.29, 0.717) is 23.3 Å². The van der Waals surface area contributed by atoms with Crippen molar-refractivity contribution in [3.63, 3.8) is 0 Å². The van der Waals surface area contributed by atoms with Crippen LogP contribution in [0.3, 0.4) is 0 Å². The van der Waals surface area contributed by atoms with E-state index in [2.05, 4.69) is 10.3 Å². The maximum absolute atomic E-state index is 12.8. The molecular formula is C18H24N2O3. The van der Waals surface area contributed by atoms with Gasteiger partial charge in [-0.25, -0.2) is 0 Å². The molecule has 1 aromatic heterocycles. The zero-order valence-corrected chi connectivity index (χ0v) is 14.0. The van der Waals surface area contributed by atoms with Crippen LogP contribution in [0.25, 0.3) is 0 Å². The Morgan fingerprint density at radius 1 is 1.30 bits per heavy atom. The summed E-state index contributed by atoms with van der Waals surface area (Å²) >= 11 is 0. The molecule has 23 heavy (non-hydrogen) atoms. The Kier molecular flexibility index (Phi) is 3.21. The molecule has 1 amide bonds. The minimum atomic E-state index is -0.0836. The summed E-state index contributed by atoms with van der Waals surface area (Å²) < 4.78 is 5.90. The molecule has 0 aromatic carbocycles. The van der Waals surface area contributed by atoms with Crippen molar-refractivity contribution in [2.45, 2.75) is 58.6 Å². The Balaban J connectivity index is 1.57. The average Bonchev–Trinajstić information content (AvgIpc) is 2.97. The normalized spacial score (nSPS) is 30.5. The fourth-order valence-electron chi connectivity index (χ4n) is 5.17. The van der Waals surface area contributed by atoms with E-state index in [1.165, 1.54) is 6.42 Å². The molecule has 2 N–H and O–H groups in total. The Morgan fingerprint density at radius 2 is 2.04 bits per heavy atom. The zero-order valence-electron chi connectivity index (χ0n) is 14.0. The van der Waals surface area contributed by atoms with E-state index >= 15 is 0 Å². The van der Waals surface area contributed by atoms with Crippen molar-refractivity contribution < 1.29 is 14.3 Å². The predicted molar refractivity (Wildman–Crippen MR) is 85.7 cm³/mol. The number of carbonyl (C=O) groups is 2. The van der Waals surface area contributed by atoms with E-state index in [9.17, 15) is 9.59 Å². The first kappa shape index (κ1) is 14.9. The highest BCUT2D eigenvalue weighted by atomic mass is 16.5. The molecule has 2 heterocycles. The summed E-state index contributed by atoms with van der Waals surface area (Å²) in [6.07, 6.45) is 4.93. The third-order valence-electron chi connectivity index (χ3n) is 6.34. The lowest BCUT2D eigenvalue weighted by molar-refractivity contribution is -0.172. The summed E-state index contributed by atoms with van der Waals surface area (Å²) in [5.41, 5.74) is 2.88. The number of aryl methyl sites for hydroxylation is 1. The number of amides is 1. The molecule has 1 spiro atoms. The summed E-state index contributed by atoms with van der Waals surface area (Å²) in [7, 11) is 0. The zero-order chi connectivity index (χ0) is 16.4. The fourth-order valence-corrected chi connectivity index (χ4v) is 5.17. The van der Waals surface area contributed by atoms with Crippen molar-refractivity contribution in [1.82, 2.24) is 10.3 Å². The van der Waals surface area contributed by atoms with Gasteiger partial charge < -0.3 is 15.0 Å². The van der Waals surface area contributed by atoms with Gasteiger partial charge in [0, 0.05) is 35.2 Å². The van der Waals surface area contributed by atoms with Crippen LogP contribution in [0.5, 0.6) is 0 Å². The number of aromatic amines is 1. The van der Waals surface area contributed by atoms with E-state index in [-0.39, 0.29) is 23.1 Å². The minimum Gasteiger partial charge on any atom is -0.377 e. The number of hydrogen-bond donors (Lipinski definition) is 2. The molecule has 2 aliphatic carbocycles. The molecule has 4 rings (SSSR count). The highest BCUT2D eigenvalue weighted by Gasteiger charge is 2.67. The molecule has 3 aliphatic rings. The number of ether oxygens (including phenoxy) is 1. The Morgan fingerprint density at radius 3 is 2.61 bits per heavy atom. The van der Waals surface area contributed by atoms with Crippen LogP contribution in [0.4, 0.5) is 0 Å². The minimum absolute atomic E-state index is 0.00124. The first-order valence-electron chi connectivity index (χ1n) is 8.58. The van der Waals surface area contributed by atoms with Crippen molar-refractivity contribution in [3.05, 3.63) is 22.5 Å². The number of ketones is 1. The molecule has 2 saturated carbocycles. The second kappa shape index (κ2) is 4.94. The molecular weight excluding hydrogens is 292 g/mol. The quantitative estimate of drug-likeness (QED) is 0.842. The van der Waals surface area contributed by atoms with Gasteiger partial charge in [-0.2, -0.15) is 0 Å². The van der Waals surface area contributed by atoms with E-state index in [1.54, 1.807) is 6.92 Å². The van der Waals surface area contributed by atoms with E-state index in [0.717, 1.165) is 37.1 Å². The van der Waals surface area contributed by atoms with Crippen molar-refractivity contribution in [2.24, 2.45) is 11.3 Å². The number of fused-ring (bicyclic) bond motifs is 2. The number of H-pyrrole nitrogens is 1. The third kappa shape index (κ3) is 1.89. The molecule has 1 saturated heterocycles. The van der Waals surface area contributed by atoms with Gasteiger partial charge >= 0.3 is 0 Å². The topological polar surface area (TPSA) is 71.2 Å². The van der Waals surface area contributed by atoms with E-state index in [1.807, 2.05) is 13.8 Å². The lowest BCUT2D eigenvalue weighted by atomic mass is 9.46. The summed E-state index contributed by atoms with van der Waals surface area (Å²) in [5.74, 6) is 0.376. The van der Waals surface area contributed by atoms with Crippen molar-refractivity contribution in [2.75, 3.05) is 6.61 Å². The molecule has 0 unspecified atom stereocenters. The highest BCUT2D eigenvalue weighted by Crippen LogP contribution is 2.62. The van der Waals surface area contributed by atoms with E-state index in [4.69, 9.17) is 4.74 Å².